The number of ether oxygens (including phenoxy) is 1. The molecule has 97 heavy (non-hydrogen) atoms. The van der Waals surface area contributed by atoms with E-state index in [0.29, 0.717) is 117 Å². The average Bonchev–Trinajstić information content (AvgIpc) is 0.784. The number of hydrogen-bond donors (Lipinski definition) is 6. The summed E-state index contributed by atoms with van der Waals surface area (Å²) in [5.41, 5.74) is 15.1. The van der Waals surface area contributed by atoms with Gasteiger partial charge in [-0.3, -0.25) is 39.3 Å². The number of hydrogen-bond acceptors (Lipinski definition) is 24. The van der Waals surface area contributed by atoms with Gasteiger partial charge in [-0.05, 0) is 171 Å². The molecule has 0 saturated carbocycles. The molecule has 4 aromatic heterocycles. The van der Waals surface area contributed by atoms with Gasteiger partial charge in [-0.15, -0.1) is 0 Å². The number of nitrogens with two attached hydrogens (primary N) is 1. The van der Waals surface area contributed by atoms with Crippen LogP contribution in [0.1, 0.15) is 25.7 Å². The van der Waals surface area contributed by atoms with Crippen molar-refractivity contribution in [2.24, 2.45) is 0 Å². The number of benzene rings is 4. The van der Waals surface area contributed by atoms with Gasteiger partial charge >= 0.3 is 0 Å². The van der Waals surface area contributed by atoms with Crippen molar-refractivity contribution in [1.29, 1.82) is 0 Å². The molecule has 0 aliphatic carbocycles. The number of amides is 1. The minimum atomic E-state index is -2.76. The highest BCUT2D eigenvalue weighted by molar-refractivity contribution is 9.11. The molecule has 0 atom stereocenters. The third-order valence-electron chi connectivity index (χ3n) is 17.5. The maximum atomic E-state index is 13.4. The van der Waals surface area contributed by atoms with Crippen LogP contribution in [0.2, 0.25) is 0 Å². The van der Waals surface area contributed by atoms with E-state index in [4.69, 9.17) is 32.0 Å². The summed E-state index contributed by atoms with van der Waals surface area (Å²) in [7, 11) is 0.527. The van der Waals surface area contributed by atoms with Crippen molar-refractivity contribution in [2.75, 3.05) is 169 Å². The number of carbonyl (C=O) groups excluding carboxylic acids is 2. The molecule has 4 aliphatic rings. The smallest absolute Gasteiger partial charge is 0.247 e. The van der Waals surface area contributed by atoms with Gasteiger partial charge in [-0.2, -0.15) is 9.97 Å². The number of anilines is 12. The minimum absolute atomic E-state index is 0.276. The van der Waals surface area contributed by atoms with Gasteiger partial charge in [0.15, 0.2) is 0 Å². The van der Waals surface area contributed by atoms with E-state index < -0.39 is 19.5 Å². The summed E-state index contributed by atoms with van der Waals surface area (Å²) in [6.45, 7) is 26.3. The van der Waals surface area contributed by atoms with Crippen LogP contribution in [0.4, 0.5) is 69.0 Å². The number of aromatic nitrogens is 8. The zero-order valence-corrected chi connectivity index (χ0v) is 61.3. The summed E-state index contributed by atoms with van der Waals surface area (Å²) < 4.78 is 33.8. The van der Waals surface area contributed by atoms with E-state index in [-0.39, 0.29) is 5.91 Å². The second-order valence-corrected chi connectivity index (χ2v) is 33.3. The van der Waals surface area contributed by atoms with Crippen LogP contribution in [0.5, 0.6) is 5.75 Å². The van der Waals surface area contributed by atoms with Crippen LogP contribution in [0.3, 0.4) is 0 Å². The second kappa shape index (κ2) is 32.3. The lowest BCUT2D eigenvalue weighted by Crippen LogP contribution is -2.52. The van der Waals surface area contributed by atoms with Crippen LogP contribution in [0, 0.1) is 0 Å². The molecule has 4 fully saturated rings. The first-order valence-electron chi connectivity index (χ1n) is 31.9. The number of carbonyl (C=O) groups is 2. The Bertz CT molecular complexity index is 4270. The Hall–Kier alpha value is -7.71. The van der Waals surface area contributed by atoms with Gasteiger partial charge in [0.2, 0.25) is 23.0 Å². The van der Waals surface area contributed by atoms with Gasteiger partial charge in [-0.1, -0.05) is 13.2 Å². The molecule has 512 valence electrons. The van der Waals surface area contributed by atoms with Crippen molar-refractivity contribution < 1.29 is 23.5 Å². The number of nitrogen functional groups attached to an aromatic ring is 1. The summed E-state index contributed by atoms with van der Waals surface area (Å²) in [4.78, 5) is 72.8. The van der Waals surface area contributed by atoms with Crippen molar-refractivity contribution in [3.05, 3.63) is 126 Å². The number of fused-ring (bicyclic) bond motifs is 2. The average molecular weight is 1510 g/mol. The molecular weight excluding hydrogens is 1420 g/mol. The summed E-state index contributed by atoms with van der Waals surface area (Å²) in [6, 6.07) is 18.4. The number of halogens is 3. The summed E-state index contributed by atoms with van der Waals surface area (Å²) in [5, 5.41) is 16.9. The number of piperidine rings is 2. The molecular formula is C67H83Br2ClN20O5P2. The Morgan fingerprint density at radius 3 is 1.47 bits per heavy atom. The van der Waals surface area contributed by atoms with E-state index in [1.807, 2.05) is 54.6 Å². The number of methoxy groups -OCH3 is 1. The van der Waals surface area contributed by atoms with Crippen LogP contribution >= 0.6 is 57.7 Å². The lowest BCUT2D eigenvalue weighted by Gasteiger charge is -2.43. The number of nitrogens with one attached hydrogen (secondary N) is 5. The van der Waals surface area contributed by atoms with E-state index in [2.05, 4.69) is 145 Å². The molecule has 4 saturated heterocycles. The van der Waals surface area contributed by atoms with Gasteiger partial charge in [0.25, 0.3) is 0 Å². The van der Waals surface area contributed by atoms with Crippen molar-refractivity contribution in [1.82, 2.24) is 59.5 Å². The molecule has 8 heterocycles. The number of piperazine rings is 2. The van der Waals surface area contributed by atoms with Gasteiger partial charge in [0.05, 0.1) is 77.5 Å². The standard InChI is InChI=1S/C33H40BrN10O2P.C31H40BrN10O2P.C3H3ClO/c1-5-29(45)39-27-20-22(6-9-28(27)44-14-10-23(11-15-44)43-18-16-42(2)17-19-43)38-33-37-21-24(34)32(41-33)40-26-8-7-25-30(36-13-12-35-25)31(26)47(3,4)46;1-40-13-15-41(16-14-40)20-7-11-42(12-8-20)26-18-27(44-2)25(17-22(26)33)38-31-36-19-21(32)30(39-31)37-24-6-5-23-28(35-10-9-34-23)29(24)45(3,4)43;1-2-3(4)5/h5-9,12-13,20-21,23H,1,10-11,14-19H2,2-4H3,(H,39,45)(H2,37,38,40,41);5-6,9-10,17-20H,7-8,11-16,33H2,1-4H3,(H2,36,37,38,39);2H,1H2. The Morgan fingerprint density at radius 2 is 1.03 bits per heavy atom. The number of nitrogens with zero attached hydrogens (tertiary/aromatic N) is 14. The van der Waals surface area contributed by atoms with Crippen LogP contribution in [0.25, 0.3) is 22.1 Å². The summed E-state index contributed by atoms with van der Waals surface area (Å²) >= 11 is 11.8. The van der Waals surface area contributed by atoms with Gasteiger partial charge in [0, 0.05) is 140 Å². The molecule has 7 N–H and O–H groups in total. The summed E-state index contributed by atoms with van der Waals surface area (Å²) in [6.07, 6.45) is 16.5. The molecule has 25 nitrogen and oxygen atoms in total. The Kier molecular flexibility index (Phi) is 24.0. The van der Waals surface area contributed by atoms with Crippen molar-refractivity contribution in [2.45, 2.75) is 37.8 Å². The Balaban J connectivity index is 0.000000197. The Labute approximate surface area is 587 Å². The maximum Gasteiger partial charge on any atom is 0.247 e. The van der Waals surface area contributed by atoms with Gasteiger partial charge in [0.1, 0.15) is 42.7 Å². The van der Waals surface area contributed by atoms with Crippen LogP contribution in [-0.4, -0.2) is 209 Å². The fourth-order valence-electron chi connectivity index (χ4n) is 12.5. The number of allylic oxidation sites excluding steroid dienone is 1. The van der Waals surface area contributed by atoms with E-state index in [1.54, 1.807) is 71.0 Å². The zero-order chi connectivity index (χ0) is 69.1. The first-order valence-corrected chi connectivity index (χ1v) is 39.1. The van der Waals surface area contributed by atoms with Crippen molar-refractivity contribution >= 4 is 171 Å². The molecule has 8 aromatic rings. The summed E-state index contributed by atoms with van der Waals surface area (Å²) in [5.74, 6) is 2.04. The molecule has 0 radical (unpaired) electrons. The highest BCUT2D eigenvalue weighted by Gasteiger charge is 2.31. The van der Waals surface area contributed by atoms with E-state index in [9.17, 15) is 18.7 Å². The van der Waals surface area contributed by atoms with Crippen LogP contribution < -0.4 is 57.5 Å². The monoisotopic (exact) mass is 1500 g/mol. The first-order chi connectivity index (χ1) is 46.5. The van der Waals surface area contributed by atoms with Crippen LogP contribution in [-0.2, 0) is 18.7 Å². The molecule has 30 heteroatoms. The molecule has 1 amide bonds. The predicted molar refractivity (Wildman–Crippen MR) is 402 cm³/mol. The number of rotatable bonds is 18. The topological polar surface area (TPSA) is 286 Å². The first kappa shape index (κ1) is 72.0. The third-order valence-corrected chi connectivity index (χ3v) is 21.8. The van der Waals surface area contributed by atoms with Crippen molar-refractivity contribution in [3.63, 3.8) is 0 Å². The Morgan fingerprint density at radius 1 is 0.577 bits per heavy atom. The van der Waals surface area contributed by atoms with Crippen molar-refractivity contribution in [3.8, 4) is 5.75 Å². The number of likely N-dealkylation sites (N-methyl/N-ethyl adjacent to an activating group) is 2. The predicted octanol–water partition coefficient (Wildman–Crippen LogP) is 10.9. The maximum absolute atomic E-state index is 13.4. The molecule has 0 spiro atoms. The van der Waals surface area contributed by atoms with Crippen LogP contribution in [0.15, 0.2) is 126 Å². The fraction of sp³-hybridized carbons (Fsp3) is 0.373. The van der Waals surface area contributed by atoms with E-state index in [0.717, 1.165) is 122 Å². The van der Waals surface area contributed by atoms with Gasteiger partial charge < -0.3 is 65.8 Å². The SMILES string of the molecule is C=CC(=O)Cl.C=CC(=O)Nc1cc(Nc2ncc(Br)c(Nc3ccc4nccnc4c3P(C)(C)=O)n2)ccc1N1CCC(N2CCN(C)CC2)CC1.COc1cc(N2CCC(N3CCN(C)CC3)CC2)c(N)cc1Nc1ncc(Br)c(Nc2ccc3nccnc3c2P(C)(C)=O)n1. The highest BCUT2D eigenvalue weighted by Crippen LogP contribution is 2.44. The third kappa shape index (κ3) is 18.3. The molecule has 0 bridgehead atoms. The zero-order valence-electron chi connectivity index (χ0n) is 55.6. The molecule has 4 aliphatic heterocycles. The minimum Gasteiger partial charge on any atom is -0.494 e. The normalized spacial score (nSPS) is 16.3. The largest absolute Gasteiger partial charge is 0.494 e. The molecule has 0 unspecified atom stereocenters. The lowest BCUT2D eigenvalue weighted by atomic mass is 10.0. The molecule has 12 rings (SSSR count). The molecule has 4 aromatic carbocycles. The van der Waals surface area contributed by atoms with E-state index in [1.165, 1.54) is 6.08 Å². The second-order valence-electron chi connectivity index (χ2n) is 24.9. The fourth-order valence-corrected chi connectivity index (χ4v) is 15.9. The highest BCUT2D eigenvalue weighted by atomic mass is 79.9. The van der Waals surface area contributed by atoms with E-state index >= 15 is 0 Å². The van der Waals surface area contributed by atoms with Gasteiger partial charge in [-0.25, -0.2) is 9.97 Å². The lowest BCUT2D eigenvalue weighted by molar-refractivity contribution is -0.112. The quantitative estimate of drug-likeness (QED) is 0.0201.